The number of aryl methyl sites for hydroxylation is 2. The van der Waals surface area contributed by atoms with Crippen LogP contribution in [0.15, 0.2) is 45.1 Å². The zero-order chi connectivity index (χ0) is 16.6. The molecule has 1 N–H and O–H groups in total. The Kier molecular flexibility index (Phi) is 4.18. The molecule has 0 saturated carbocycles. The SMILES string of the molecule is Cc1cc(-c2ccc(S(=O)(=O)Nc3ccc(Cl)cc3C)s2)on1. The Morgan fingerprint density at radius 3 is 2.61 bits per heavy atom. The molecule has 0 atom stereocenters. The first-order valence-corrected chi connectivity index (χ1v) is 9.35. The van der Waals surface area contributed by atoms with Gasteiger partial charge in [-0.05, 0) is 49.7 Å². The topological polar surface area (TPSA) is 72.2 Å². The van der Waals surface area contributed by atoms with Crippen LogP contribution in [0.3, 0.4) is 0 Å². The second-order valence-electron chi connectivity index (χ2n) is 5.02. The lowest BCUT2D eigenvalue weighted by molar-refractivity contribution is 0.428. The van der Waals surface area contributed by atoms with E-state index in [0.717, 1.165) is 22.6 Å². The Bertz CT molecular complexity index is 961. The maximum Gasteiger partial charge on any atom is 0.271 e. The van der Waals surface area contributed by atoms with E-state index in [1.807, 2.05) is 6.92 Å². The van der Waals surface area contributed by atoms with Crippen LogP contribution in [0.25, 0.3) is 10.6 Å². The fourth-order valence-electron chi connectivity index (χ4n) is 2.01. The van der Waals surface area contributed by atoms with Crippen molar-refractivity contribution in [2.24, 2.45) is 0 Å². The first kappa shape index (κ1) is 16.0. The van der Waals surface area contributed by atoms with Gasteiger partial charge in [-0.15, -0.1) is 11.3 Å². The van der Waals surface area contributed by atoms with Crippen LogP contribution in [-0.2, 0) is 10.0 Å². The number of aromatic nitrogens is 1. The molecular weight excluding hydrogens is 356 g/mol. The summed E-state index contributed by atoms with van der Waals surface area (Å²) in [6.07, 6.45) is 0. The Hall–Kier alpha value is -1.83. The van der Waals surface area contributed by atoms with Gasteiger partial charge in [0.25, 0.3) is 10.0 Å². The molecule has 8 heteroatoms. The number of hydrogen-bond acceptors (Lipinski definition) is 5. The summed E-state index contributed by atoms with van der Waals surface area (Å²) in [6.45, 7) is 3.60. The second kappa shape index (κ2) is 5.99. The van der Waals surface area contributed by atoms with Gasteiger partial charge in [-0.25, -0.2) is 8.42 Å². The number of halogens is 1. The fourth-order valence-corrected chi connectivity index (χ4v) is 4.63. The fraction of sp³-hybridized carbons (Fsp3) is 0.133. The van der Waals surface area contributed by atoms with Gasteiger partial charge in [0.05, 0.1) is 16.3 Å². The van der Waals surface area contributed by atoms with Crippen molar-refractivity contribution in [3.63, 3.8) is 0 Å². The Morgan fingerprint density at radius 2 is 1.96 bits per heavy atom. The summed E-state index contributed by atoms with van der Waals surface area (Å²) in [6, 6.07) is 10.0. The highest BCUT2D eigenvalue weighted by Gasteiger charge is 2.19. The summed E-state index contributed by atoms with van der Waals surface area (Å²) in [4.78, 5) is 0.707. The highest BCUT2D eigenvalue weighted by atomic mass is 35.5. The molecule has 120 valence electrons. The molecule has 0 aliphatic carbocycles. The van der Waals surface area contributed by atoms with Crippen molar-refractivity contribution >= 4 is 38.6 Å². The van der Waals surface area contributed by atoms with Crippen molar-refractivity contribution in [3.8, 4) is 10.6 Å². The van der Waals surface area contributed by atoms with Crippen molar-refractivity contribution in [3.05, 3.63) is 52.7 Å². The molecule has 1 aromatic carbocycles. The Labute approximate surface area is 142 Å². The van der Waals surface area contributed by atoms with Gasteiger partial charge in [0.1, 0.15) is 4.21 Å². The molecule has 0 saturated heterocycles. The molecule has 0 radical (unpaired) electrons. The van der Waals surface area contributed by atoms with Crippen LogP contribution in [-0.4, -0.2) is 13.6 Å². The van der Waals surface area contributed by atoms with Crippen molar-refractivity contribution < 1.29 is 12.9 Å². The maximum absolute atomic E-state index is 12.5. The molecule has 0 spiro atoms. The number of nitrogens with one attached hydrogen (secondary N) is 1. The smallest absolute Gasteiger partial charge is 0.271 e. The summed E-state index contributed by atoms with van der Waals surface area (Å²) in [5.41, 5.74) is 2.00. The first-order valence-electron chi connectivity index (χ1n) is 6.68. The molecule has 2 aromatic heterocycles. The molecule has 0 amide bonds. The first-order chi connectivity index (χ1) is 10.8. The number of nitrogens with zero attached hydrogens (tertiary/aromatic N) is 1. The van der Waals surface area contributed by atoms with Gasteiger partial charge in [0.15, 0.2) is 5.76 Å². The highest BCUT2D eigenvalue weighted by Crippen LogP contribution is 2.32. The van der Waals surface area contributed by atoms with Crippen LogP contribution in [0, 0.1) is 13.8 Å². The van der Waals surface area contributed by atoms with E-state index in [1.54, 1.807) is 43.3 Å². The average molecular weight is 369 g/mol. The summed E-state index contributed by atoms with van der Waals surface area (Å²) in [5, 5.41) is 4.37. The quantitative estimate of drug-likeness (QED) is 0.737. The normalized spacial score (nSPS) is 11.6. The van der Waals surface area contributed by atoms with Gasteiger partial charge in [-0.3, -0.25) is 4.72 Å². The molecule has 0 fully saturated rings. The zero-order valence-electron chi connectivity index (χ0n) is 12.3. The molecule has 3 rings (SSSR count). The van der Waals surface area contributed by atoms with E-state index in [-0.39, 0.29) is 4.21 Å². The van der Waals surface area contributed by atoms with Crippen molar-refractivity contribution in [2.75, 3.05) is 4.72 Å². The van der Waals surface area contributed by atoms with E-state index in [4.69, 9.17) is 16.1 Å². The zero-order valence-corrected chi connectivity index (χ0v) is 14.7. The lowest BCUT2D eigenvalue weighted by atomic mass is 10.2. The number of thiophene rings is 1. The summed E-state index contributed by atoms with van der Waals surface area (Å²) < 4.78 is 33.0. The predicted molar refractivity (Wildman–Crippen MR) is 91.6 cm³/mol. The minimum Gasteiger partial charge on any atom is -0.355 e. The van der Waals surface area contributed by atoms with Crippen molar-refractivity contribution in [1.82, 2.24) is 5.16 Å². The molecule has 23 heavy (non-hydrogen) atoms. The predicted octanol–water partition coefficient (Wildman–Crippen LogP) is 4.47. The minimum atomic E-state index is -3.67. The van der Waals surface area contributed by atoms with E-state index in [9.17, 15) is 8.42 Å². The summed E-state index contributed by atoms with van der Waals surface area (Å²) >= 11 is 7.01. The third-order valence-corrected chi connectivity index (χ3v) is 6.34. The Morgan fingerprint density at radius 1 is 1.17 bits per heavy atom. The largest absolute Gasteiger partial charge is 0.355 e. The van der Waals surface area contributed by atoms with Crippen molar-refractivity contribution in [2.45, 2.75) is 18.1 Å². The van der Waals surface area contributed by atoms with Crippen LogP contribution in [0.1, 0.15) is 11.3 Å². The lowest BCUT2D eigenvalue weighted by Crippen LogP contribution is -2.12. The van der Waals surface area contributed by atoms with Gasteiger partial charge in [0, 0.05) is 11.1 Å². The van der Waals surface area contributed by atoms with Gasteiger partial charge >= 0.3 is 0 Å². The van der Waals surface area contributed by atoms with Crippen molar-refractivity contribution in [1.29, 1.82) is 0 Å². The van der Waals surface area contributed by atoms with E-state index >= 15 is 0 Å². The molecule has 0 bridgehead atoms. The van der Waals surface area contributed by atoms with Gasteiger partial charge in [-0.1, -0.05) is 16.8 Å². The third-order valence-electron chi connectivity index (χ3n) is 3.15. The number of rotatable bonds is 4. The van der Waals surface area contributed by atoms with E-state index in [1.165, 1.54) is 0 Å². The van der Waals surface area contributed by atoms with E-state index in [2.05, 4.69) is 9.88 Å². The standard InChI is InChI=1S/C15H13ClN2O3S2/c1-9-7-11(16)3-4-12(9)18-23(19,20)15-6-5-14(22-15)13-8-10(2)17-21-13/h3-8,18H,1-2H3. The molecule has 0 aliphatic heterocycles. The van der Waals surface area contributed by atoms with Crippen LogP contribution in [0.2, 0.25) is 5.02 Å². The van der Waals surface area contributed by atoms with Crippen LogP contribution in [0.5, 0.6) is 0 Å². The van der Waals surface area contributed by atoms with Gasteiger partial charge < -0.3 is 4.52 Å². The molecule has 2 heterocycles. The van der Waals surface area contributed by atoms with Crippen LogP contribution < -0.4 is 4.72 Å². The molecule has 0 aliphatic rings. The van der Waals surface area contributed by atoms with Gasteiger partial charge in [-0.2, -0.15) is 0 Å². The average Bonchev–Trinajstić information content (AvgIpc) is 3.10. The molecule has 3 aromatic rings. The van der Waals surface area contributed by atoms with Gasteiger partial charge in [0.2, 0.25) is 0 Å². The van der Waals surface area contributed by atoms with Crippen LogP contribution >= 0.6 is 22.9 Å². The molecule has 5 nitrogen and oxygen atoms in total. The second-order valence-corrected chi connectivity index (χ2v) is 8.45. The van der Waals surface area contributed by atoms with E-state index < -0.39 is 10.0 Å². The maximum atomic E-state index is 12.5. The Balaban J connectivity index is 1.89. The molecule has 0 unspecified atom stereocenters. The third kappa shape index (κ3) is 3.41. The number of hydrogen-bond donors (Lipinski definition) is 1. The van der Waals surface area contributed by atoms with Crippen LogP contribution in [0.4, 0.5) is 5.69 Å². The summed E-state index contributed by atoms with van der Waals surface area (Å²) in [5.74, 6) is 0.552. The minimum absolute atomic E-state index is 0.205. The monoisotopic (exact) mass is 368 g/mol. The number of anilines is 1. The highest BCUT2D eigenvalue weighted by molar-refractivity contribution is 7.94. The van der Waals surface area contributed by atoms with E-state index in [0.29, 0.717) is 21.3 Å². The number of sulfonamides is 1. The summed E-state index contributed by atoms with van der Waals surface area (Å²) in [7, 11) is -3.67. The lowest BCUT2D eigenvalue weighted by Gasteiger charge is -2.09. The number of benzene rings is 1. The molecular formula is C15H13ClN2O3S2.